The van der Waals surface area contributed by atoms with Crippen molar-refractivity contribution in [2.75, 3.05) is 13.2 Å². The zero-order valence-corrected chi connectivity index (χ0v) is 18.4. The van der Waals surface area contributed by atoms with Gasteiger partial charge in [-0.25, -0.2) is 0 Å². The van der Waals surface area contributed by atoms with E-state index in [2.05, 4.69) is 91.8 Å². The van der Waals surface area contributed by atoms with Crippen LogP contribution in [-0.2, 0) is 10.8 Å². The summed E-state index contributed by atoms with van der Waals surface area (Å²) in [6, 6.07) is 13.0. The van der Waals surface area contributed by atoms with E-state index in [-0.39, 0.29) is 10.8 Å². The number of ether oxygens (including phenoxy) is 2. The molecule has 0 aromatic heterocycles. The summed E-state index contributed by atoms with van der Waals surface area (Å²) >= 11 is 0. The van der Waals surface area contributed by atoms with E-state index in [0.717, 1.165) is 17.9 Å². The van der Waals surface area contributed by atoms with E-state index in [1.807, 2.05) is 0 Å². The summed E-state index contributed by atoms with van der Waals surface area (Å²) in [5, 5.41) is 0. The van der Waals surface area contributed by atoms with E-state index in [9.17, 15) is 0 Å². The van der Waals surface area contributed by atoms with E-state index in [4.69, 9.17) is 9.47 Å². The van der Waals surface area contributed by atoms with Crippen molar-refractivity contribution in [3.63, 3.8) is 0 Å². The van der Waals surface area contributed by atoms with Gasteiger partial charge in [0.1, 0.15) is 11.5 Å². The third kappa shape index (κ3) is 6.02. The SMILES string of the molecule is Cc1cc(C(C)(C)C)ccc1OCCCOc1ccc(C(C)(C)C)cc1C. The molecule has 0 amide bonds. The van der Waals surface area contributed by atoms with Gasteiger partial charge in [-0.1, -0.05) is 65.8 Å². The lowest BCUT2D eigenvalue weighted by molar-refractivity contribution is 0.245. The number of aryl methyl sites for hydroxylation is 2. The molecule has 0 N–H and O–H groups in total. The quantitative estimate of drug-likeness (QED) is 0.525. The van der Waals surface area contributed by atoms with Gasteiger partial charge in [-0.2, -0.15) is 0 Å². The van der Waals surface area contributed by atoms with Crippen molar-refractivity contribution in [2.45, 2.75) is 72.6 Å². The van der Waals surface area contributed by atoms with E-state index < -0.39 is 0 Å². The van der Waals surface area contributed by atoms with Gasteiger partial charge in [-0.15, -0.1) is 0 Å². The highest BCUT2D eigenvalue weighted by atomic mass is 16.5. The van der Waals surface area contributed by atoms with Crippen molar-refractivity contribution in [1.82, 2.24) is 0 Å². The molecular formula is C25H36O2. The Labute approximate surface area is 165 Å². The van der Waals surface area contributed by atoms with Gasteiger partial charge in [0.25, 0.3) is 0 Å². The van der Waals surface area contributed by atoms with Crippen molar-refractivity contribution in [1.29, 1.82) is 0 Å². The second kappa shape index (κ2) is 8.37. The summed E-state index contributed by atoms with van der Waals surface area (Å²) in [6.07, 6.45) is 0.862. The molecule has 2 heteroatoms. The molecule has 2 aromatic carbocycles. The molecular weight excluding hydrogens is 332 g/mol. The first-order chi connectivity index (χ1) is 12.5. The van der Waals surface area contributed by atoms with Gasteiger partial charge in [-0.3, -0.25) is 0 Å². The van der Waals surface area contributed by atoms with Crippen LogP contribution >= 0.6 is 0 Å². The molecule has 0 aliphatic rings. The minimum atomic E-state index is 0.164. The summed E-state index contributed by atoms with van der Waals surface area (Å²) in [5.74, 6) is 1.93. The van der Waals surface area contributed by atoms with Crippen LogP contribution in [0.25, 0.3) is 0 Å². The summed E-state index contributed by atoms with van der Waals surface area (Å²) < 4.78 is 11.9. The first-order valence-corrected chi connectivity index (χ1v) is 9.96. The summed E-state index contributed by atoms with van der Waals surface area (Å²) in [5.41, 5.74) is 5.39. The number of hydrogen-bond acceptors (Lipinski definition) is 2. The van der Waals surface area contributed by atoms with Crippen LogP contribution in [0.5, 0.6) is 11.5 Å². The minimum absolute atomic E-state index is 0.164. The molecule has 0 unspecified atom stereocenters. The van der Waals surface area contributed by atoms with Crippen LogP contribution in [0.1, 0.15) is 70.2 Å². The molecule has 27 heavy (non-hydrogen) atoms. The van der Waals surface area contributed by atoms with Crippen molar-refractivity contribution in [3.05, 3.63) is 58.7 Å². The Morgan fingerprint density at radius 1 is 0.630 bits per heavy atom. The molecule has 0 heterocycles. The van der Waals surface area contributed by atoms with E-state index >= 15 is 0 Å². The molecule has 0 radical (unpaired) electrons. The highest BCUT2D eigenvalue weighted by molar-refractivity contribution is 5.39. The molecule has 2 nitrogen and oxygen atoms in total. The standard InChI is InChI=1S/C25H36O2/c1-18-16-20(24(3,4)5)10-12-22(18)26-14-9-15-27-23-13-11-21(17-19(23)2)25(6,7)8/h10-13,16-17H,9,14-15H2,1-8H3. The zero-order chi connectivity index (χ0) is 20.2. The highest BCUT2D eigenvalue weighted by Crippen LogP contribution is 2.29. The Morgan fingerprint density at radius 2 is 1.00 bits per heavy atom. The lowest BCUT2D eigenvalue weighted by atomic mass is 9.86. The lowest BCUT2D eigenvalue weighted by Crippen LogP contribution is -2.12. The van der Waals surface area contributed by atoms with Gasteiger partial charge in [0.15, 0.2) is 0 Å². The van der Waals surface area contributed by atoms with E-state index in [0.29, 0.717) is 13.2 Å². The van der Waals surface area contributed by atoms with E-state index in [1.54, 1.807) is 0 Å². The van der Waals surface area contributed by atoms with Crippen molar-refractivity contribution >= 4 is 0 Å². The molecule has 0 spiro atoms. The monoisotopic (exact) mass is 368 g/mol. The average Bonchev–Trinajstić information content (AvgIpc) is 2.55. The molecule has 2 aromatic rings. The predicted molar refractivity (Wildman–Crippen MR) is 115 cm³/mol. The van der Waals surface area contributed by atoms with Gasteiger partial charge in [0.05, 0.1) is 13.2 Å². The normalized spacial score (nSPS) is 12.1. The molecule has 0 bridgehead atoms. The Bertz CT molecular complexity index is 695. The van der Waals surface area contributed by atoms with Gasteiger partial charge < -0.3 is 9.47 Å². The second-order valence-electron chi connectivity index (χ2n) is 9.51. The molecule has 0 aliphatic heterocycles. The van der Waals surface area contributed by atoms with Crippen LogP contribution in [-0.4, -0.2) is 13.2 Å². The van der Waals surface area contributed by atoms with Crippen LogP contribution < -0.4 is 9.47 Å². The van der Waals surface area contributed by atoms with Gasteiger partial charge >= 0.3 is 0 Å². The lowest BCUT2D eigenvalue weighted by Gasteiger charge is -2.21. The maximum atomic E-state index is 5.96. The van der Waals surface area contributed by atoms with Gasteiger partial charge in [0, 0.05) is 6.42 Å². The fourth-order valence-electron chi connectivity index (χ4n) is 2.98. The Balaban J connectivity index is 1.83. The Kier molecular flexibility index (Phi) is 6.62. The Morgan fingerprint density at radius 3 is 1.30 bits per heavy atom. The largest absolute Gasteiger partial charge is 0.493 e. The van der Waals surface area contributed by atoms with E-state index in [1.165, 1.54) is 22.3 Å². The van der Waals surface area contributed by atoms with Crippen LogP contribution in [0.4, 0.5) is 0 Å². The first-order valence-electron chi connectivity index (χ1n) is 9.96. The number of hydrogen-bond donors (Lipinski definition) is 0. The summed E-state index contributed by atoms with van der Waals surface area (Å²) in [7, 11) is 0. The highest BCUT2D eigenvalue weighted by Gasteiger charge is 2.15. The maximum absolute atomic E-state index is 5.96. The van der Waals surface area contributed by atoms with Crippen LogP contribution in [0.2, 0.25) is 0 Å². The van der Waals surface area contributed by atoms with Crippen molar-refractivity contribution in [3.8, 4) is 11.5 Å². The topological polar surface area (TPSA) is 18.5 Å². The second-order valence-corrected chi connectivity index (χ2v) is 9.51. The fraction of sp³-hybridized carbons (Fsp3) is 0.520. The van der Waals surface area contributed by atoms with Crippen molar-refractivity contribution in [2.24, 2.45) is 0 Å². The van der Waals surface area contributed by atoms with Crippen LogP contribution in [0, 0.1) is 13.8 Å². The molecule has 0 atom stereocenters. The molecule has 2 rings (SSSR count). The minimum Gasteiger partial charge on any atom is -0.493 e. The molecule has 148 valence electrons. The van der Waals surface area contributed by atoms with Crippen molar-refractivity contribution < 1.29 is 9.47 Å². The van der Waals surface area contributed by atoms with Gasteiger partial charge in [-0.05, 0) is 59.1 Å². The molecule has 0 saturated heterocycles. The smallest absolute Gasteiger partial charge is 0.122 e. The summed E-state index contributed by atoms with van der Waals surface area (Å²) in [4.78, 5) is 0. The molecule has 0 saturated carbocycles. The predicted octanol–water partition coefficient (Wildman–Crippen LogP) is 6.75. The number of rotatable bonds is 6. The third-order valence-corrected chi connectivity index (χ3v) is 4.89. The Hall–Kier alpha value is -1.96. The first kappa shape index (κ1) is 21.3. The fourth-order valence-corrected chi connectivity index (χ4v) is 2.98. The summed E-state index contributed by atoms with van der Waals surface area (Å²) in [6.45, 7) is 18.9. The van der Waals surface area contributed by atoms with Gasteiger partial charge in [0.2, 0.25) is 0 Å². The molecule has 0 fully saturated rings. The number of benzene rings is 2. The zero-order valence-electron chi connectivity index (χ0n) is 18.4. The molecule has 0 aliphatic carbocycles. The van der Waals surface area contributed by atoms with Crippen LogP contribution in [0.15, 0.2) is 36.4 Å². The average molecular weight is 369 g/mol. The maximum Gasteiger partial charge on any atom is 0.122 e. The third-order valence-electron chi connectivity index (χ3n) is 4.89. The van der Waals surface area contributed by atoms with Crippen LogP contribution in [0.3, 0.4) is 0 Å².